The first-order valence-corrected chi connectivity index (χ1v) is 5.46. The molecule has 1 heterocycles. The molecular weight excluding hydrogens is 227 g/mol. The van der Waals surface area contributed by atoms with Crippen molar-refractivity contribution >= 4 is 10.9 Å². The average molecular weight is 237 g/mol. The van der Waals surface area contributed by atoms with E-state index in [-0.39, 0.29) is 18.5 Å². The van der Waals surface area contributed by atoms with Crippen molar-refractivity contribution in [1.82, 2.24) is 4.98 Å². The first-order valence-electron chi connectivity index (χ1n) is 5.46. The van der Waals surface area contributed by atoms with Crippen molar-refractivity contribution in [2.45, 2.75) is 24.4 Å². The molecule has 1 aromatic carbocycles. The van der Waals surface area contributed by atoms with E-state index in [0.29, 0.717) is 5.52 Å². The van der Waals surface area contributed by atoms with E-state index in [2.05, 4.69) is 4.98 Å². The second-order valence-corrected chi connectivity index (χ2v) is 4.47. The molecule has 1 aliphatic rings. The number of benzene rings is 1. The molecule has 1 nitrogen and oxygen atoms in total. The van der Waals surface area contributed by atoms with Crippen LogP contribution in [-0.4, -0.2) is 11.2 Å². The highest BCUT2D eigenvalue weighted by Gasteiger charge is 2.65. The Balaban J connectivity index is 2.13. The first kappa shape index (κ1) is 10.6. The van der Waals surface area contributed by atoms with Gasteiger partial charge < -0.3 is 0 Å². The van der Waals surface area contributed by atoms with Crippen LogP contribution >= 0.6 is 0 Å². The second-order valence-electron chi connectivity index (χ2n) is 4.47. The lowest BCUT2D eigenvalue weighted by molar-refractivity contribution is -0.161. The van der Waals surface area contributed by atoms with Crippen LogP contribution in [0.15, 0.2) is 36.4 Å². The minimum absolute atomic E-state index is 0.155. The molecule has 0 N–H and O–H groups in total. The van der Waals surface area contributed by atoms with Gasteiger partial charge in [-0.25, -0.2) is 0 Å². The van der Waals surface area contributed by atoms with E-state index < -0.39 is 11.6 Å². The minimum atomic E-state index is -4.19. The number of fused-ring (bicyclic) bond motifs is 1. The van der Waals surface area contributed by atoms with E-state index >= 15 is 0 Å². The molecule has 0 amide bonds. The van der Waals surface area contributed by atoms with E-state index in [9.17, 15) is 13.2 Å². The summed E-state index contributed by atoms with van der Waals surface area (Å²) in [6.07, 6.45) is -3.88. The van der Waals surface area contributed by atoms with Crippen molar-refractivity contribution in [3.05, 3.63) is 42.1 Å². The van der Waals surface area contributed by atoms with Gasteiger partial charge >= 0.3 is 6.18 Å². The molecule has 2 aromatic rings. The molecule has 1 aromatic heterocycles. The third-order valence-corrected chi connectivity index (χ3v) is 3.38. The van der Waals surface area contributed by atoms with Gasteiger partial charge in [0.05, 0.1) is 11.2 Å². The summed E-state index contributed by atoms with van der Waals surface area (Å²) in [7, 11) is 0. The average Bonchev–Trinajstić information content (AvgIpc) is 3.09. The number of halogens is 3. The fourth-order valence-electron chi connectivity index (χ4n) is 2.14. The smallest absolute Gasteiger partial charge is 0.252 e. The Morgan fingerprint density at radius 3 is 2.35 bits per heavy atom. The number of pyridine rings is 1. The highest BCUT2D eigenvalue weighted by Crippen LogP contribution is 2.58. The fourth-order valence-corrected chi connectivity index (χ4v) is 2.14. The summed E-state index contributed by atoms with van der Waals surface area (Å²) in [5.74, 6) is 0. The molecule has 1 aliphatic carbocycles. The van der Waals surface area contributed by atoms with Crippen LogP contribution in [0.1, 0.15) is 18.5 Å². The summed E-state index contributed by atoms with van der Waals surface area (Å²) in [5.41, 5.74) is -0.902. The van der Waals surface area contributed by atoms with Crippen molar-refractivity contribution in [2.75, 3.05) is 0 Å². The van der Waals surface area contributed by atoms with Crippen LogP contribution in [0.5, 0.6) is 0 Å². The molecule has 0 spiro atoms. The van der Waals surface area contributed by atoms with E-state index in [0.717, 1.165) is 5.39 Å². The van der Waals surface area contributed by atoms with Crippen LogP contribution in [0, 0.1) is 0 Å². The summed E-state index contributed by atoms with van der Waals surface area (Å²) in [5, 5.41) is 0.870. The molecule has 1 fully saturated rings. The lowest BCUT2D eigenvalue weighted by Crippen LogP contribution is -2.29. The van der Waals surface area contributed by atoms with Crippen LogP contribution < -0.4 is 0 Å². The Morgan fingerprint density at radius 1 is 1.00 bits per heavy atom. The first-order chi connectivity index (χ1) is 8.03. The maximum atomic E-state index is 12.9. The van der Waals surface area contributed by atoms with Crippen molar-refractivity contribution in [3.8, 4) is 0 Å². The van der Waals surface area contributed by atoms with Crippen molar-refractivity contribution in [3.63, 3.8) is 0 Å². The number of hydrogen-bond acceptors (Lipinski definition) is 1. The number of hydrogen-bond donors (Lipinski definition) is 0. The van der Waals surface area contributed by atoms with E-state index in [1.165, 1.54) is 6.07 Å². The van der Waals surface area contributed by atoms with Gasteiger partial charge in [0.2, 0.25) is 0 Å². The Kier molecular flexibility index (Phi) is 2.00. The molecule has 1 saturated carbocycles. The fraction of sp³-hybridized carbons (Fsp3) is 0.308. The maximum absolute atomic E-state index is 12.9. The monoisotopic (exact) mass is 237 g/mol. The third kappa shape index (κ3) is 1.51. The number of aromatic nitrogens is 1. The second kappa shape index (κ2) is 3.22. The minimum Gasteiger partial charge on any atom is -0.252 e. The Bertz CT molecular complexity index is 570. The number of para-hydroxylation sites is 1. The van der Waals surface area contributed by atoms with Gasteiger partial charge in [-0.3, -0.25) is 4.98 Å². The number of nitrogens with zero attached hydrogens (tertiary/aromatic N) is 1. The normalized spacial score (nSPS) is 18.3. The summed E-state index contributed by atoms with van der Waals surface area (Å²) in [4.78, 5) is 4.16. The van der Waals surface area contributed by atoms with Crippen LogP contribution in [0.2, 0.25) is 0 Å². The molecule has 0 radical (unpaired) electrons. The van der Waals surface area contributed by atoms with Crippen LogP contribution in [0.3, 0.4) is 0 Å². The molecule has 0 atom stereocenters. The van der Waals surface area contributed by atoms with Gasteiger partial charge in [-0.15, -0.1) is 0 Å². The zero-order valence-corrected chi connectivity index (χ0v) is 8.96. The van der Waals surface area contributed by atoms with Crippen molar-refractivity contribution in [2.24, 2.45) is 0 Å². The van der Waals surface area contributed by atoms with Gasteiger partial charge in [0.15, 0.2) is 0 Å². The molecule has 0 aliphatic heterocycles. The molecule has 0 saturated heterocycles. The van der Waals surface area contributed by atoms with Crippen LogP contribution in [0.25, 0.3) is 10.9 Å². The van der Waals surface area contributed by atoms with Crippen LogP contribution in [-0.2, 0) is 5.41 Å². The van der Waals surface area contributed by atoms with Crippen LogP contribution in [0.4, 0.5) is 13.2 Å². The molecule has 3 rings (SSSR count). The standard InChI is InChI=1S/C13H10F3N/c14-13(15,16)12(7-8-12)11-6-5-9-3-1-2-4-10(9)17-11/h1-6H,7-8H2. The molecular formula is C13H10F3N. The zero-order valence-electron chi connectivity index (χ0n) is 8.96. The topological polar surface area (TPSA) is 12.9 Å². The molecule has 88 valence electrons. The van der Waals surface area contributed by atoms with Gasteiger partial charge in [-0.05, 0) is 25.0 Å². The Labute approximate surface area is 96.3 Å². The summed E-state index contributed by atoms with van der Waals surface area (Å²) < 4.78 is 38.8. The van der Waals surface area contributed by atoms with Crippen molar-refractivity contribution < 1.29 is 13.2 Å². The molecule has 17 heavy (non-hydrogen) atoms. The summed E-state index contributed by atoms with van der Waals surface area (Å²) >= 11 is 0. The number of alkyl halides is 3. The SMILES string of the molecule is FC(F)(F)C1(c2ccc3ccccc3n2)CC1. The van der Waals surface area contributed by atoms with Gasteiger partial charge in [0.1, 0.15) is 5.41 Å². The Morgan fingerprint density at radius 2 is 1.71 bits per heavy atom. The quantitative estimate of drug-likeness (QED) is 0.734. The maximum Gasteiger partial charge on any atom is 0.399 e. The lowest BCUT2D eigenvalue weighted by Gasteiger charge is -2.18. The van der Waals surface area contributed by atoms with E-state index in [1.54, 1.807) is 18.2 Å². The van der Waals surface area contributed by atoms with Gasteiger partial charge in [-0.1, -0.05) is 24.3 Å². The highest BCUT2D eigenvalue weighted by atomic mass is 19.4. The predicted molar refractivity (Wildman–Crippen MR) is 58.7 cm³/mol. The molecule has 0 bridgehead atoms. The summed E-state index contributed by atoms with van der Waals surface area (Å²) in [6.45, 7) is 0. The summed E-state index contributed by atoms with van der Waals surface area (Å²) in [6, 6.07) is 10.4. The third-order valence-electron chi connectivity index (χ3n) is 3.38. The van der Waals surface area contributed by atoms with Gasteiger partial charge in [0, 0.05) is 5.39 Å². The van der Waals surface area contributed by atoms with Crippen molar-refractivity contribution in [1.29, 1.82) is 0 Å². The van der Waals surface area contributed by atoms with Gasteiger partial charge in [-0.2, -0.15) is 13.2 Å². The molecule has 0 unspecified atom stereocenters. The van der Waals surface area contributed by atoms with E-state index in [1.807, 2.05) is 12.1 Å². The Hall–Kier alpha value is -1.58. The highest BCUT2D eigenvalue weighted by molar-refractivity contribution is 5.78. The largest absolute Gasteiger partial charge is 0.399 e. The zero-order chi connectivity index (χ0) is 12.1. The molecule has 4 heteroatoms. The predicted octanol–water partition coefficient (Wildman–Crippen LogP) is 3.83. The lowest BCUT2D eigenvalue weighted by atomic mass is 10.0. The number of rotatable bonds is 1. The van der Waals surface area contributed by atoms with Gasteiger partial charge in [0.25, 0.3) is 0 Å². The van der Waals surface area contributed by atoms with E-state index in [4.69, 9.17) is 0 Å².